The highest BCUT2D eigenvalue weighted by molar-refractivity contribution is 5.92. The highest BCUT2D eigenvalue weighted by Gasteiger charge is 2.41. The number of primary amides is 1. The molecule has 0 spiro atoms. The van der Waals surface area contributed by atoms with Crippen molar-refractivity contribution in [2.45, 2.75) is 31.2 Å². The van der Waals surface area contributed by atoms with Gasteiger partial charge in [-0.25, -0.2) is 0 Å². The zero-order valence-electron chi connectivity index (χ0n) is 11.7. The first-order valence-corrected chi connectivity index (χ1v) is 6.93. The van der Waals surface area contributed by atoms with Crippen LogP contribution in [-0.2, 0) is 15.0 Å². The van der Waals surface area contributed by atoms with Crippen LogP contribution in [-0.4, -0.2) is 30.9 Å². The second-order valence-electron chi connectivity index (χ2n) is 5.30. The van der Waals surface area contributed by atoms with Crippen LogP contribution in [0.2, 0.25) is 0 Å². The molecule has 5 heteroatoms. The fourth-order valence-electron chi connectivity index (χ4n) is 2.66. The molecule has 2 rings (SSSR count). The molecule has 1 unspecified atom stereocenters. The van der Waals surface area contributed by atoms with Crippen LogP contribution in [0.25, 0.3) is 0 Å². The summed E-state index contributed by atoms with van der Waals surface area (Å²) >= 11 is 0. The van der Waals surface area contributed by atoms with Gasteiger partial charge in [0.2, 0.25) is 11.8 Å². The summed E-state index contributed by atoms with van der Waals surface area (Å²) in [4.78, 5) is 23.8. The maximum absolute atomic E-state index is 12.7. The Balaban J connectivity index is 2.28. The lowest BCUT2D eigenvalue weighted by atomic mass is 9.72. The van der Waals surface area contributed by atoms with Crippen molar-refractivity contribution >= 4 is 11.8 Å². The third-order valence-corrected chi connectivity index (χ3v) is 3.99. The molecule has 2 amide bonds. The van der Waals surface area contributed by atoms with E-state index in [9.17, 15) is 9.59 Å². The number of carbonyl (C=O) groups excluding carboxylic acids is 2. The topological polar surface area (TPSA) is 84.2 Å². The summed E-state index contributed by atoms with van der Waals surface area (Å²) in [6.07, 6.45) is 1.43. The van der Waals surface area contributed by atoms with Gasteiger partial charge in [0.1, 0.15) is 6.04 Å². The van der Waals surface area contributed by atoms with E-state index in [0.717, 1.165) is 18.7 Å². The van der Waals surface area contributed by atoms with Gasteiger partial charge >= 0.3 is 0 Å². The molecule has 1 aliphatic heterocycles. The van der Waals surface area contributed by atoms with Crippen molar-refractivity contribution in [1.82, 2.24) is 10.6 Å². The monoisotopic (exact) mass is 275 g/mol. The first-order chi connectivity index (χ1) is 9.56. The normalized spacial score (nSPS) is 19.1. The van der Waals surface area contributed by atoms with Crippen molar-refractivity contribution in [3.05, 3.63) is 35.9 Å². The van der Waals surface area contributed by atoms with Crippen LogP contribution in [0.3, 0.4) is 0 Å². The summed E-state index contributed by atoms with van der Waals surface area (Å²) in [5.41, 5.74) is 5.65. The van der Waals surface area contributed by atoms with Gasteiger partial charge in [-0.05, 0) is 38.4 Å². The van der Waals surface area contributed by atoms with Crippen molar-refractivity contribution < 1.29 is 9.59 Å². The highest BCUT2D eigenvalue weighted by atomic mass is 16.2. The summed E-state index contributed by atoms with van der Waals surface area (Å²) in [5, 5.41) is 6.02. The SMILES string of the molecule is CC(NC(=O)C1(c2ccccc2)CCNCC1)C(N)=O. The second kappa shape index (κ2) is 6.05. The van der Waals surface area contributed by atoms with Gasteiger partial charge in [0.05, 0.1) is 5.41 Å². The average molecular weight is 275 g/mol. The van der Waals surface area contributed by atoms with E-state index in [1.54, 1.807) is 6.92 Å². The molecule has 1 saturated heterocycles. The van der Waals surface area contributed by atoms with Crippen molar-refractivity contribution in [2.24, 2.45) is 5.73 Å². The Labute approximate surface area is 118 Å². The molecule has 0 radical (unpaired) electrons. The van der Waals surface area contributed by atoms with E-state index in [1.165, 1.54) is 0 Å². The predicted molar refractivity (Wildman–Crippen MR) is 77.0 cm³/mol. The molecule has 0 saturated carbocycles. The van der Waals surface area contributed by atoms with E-state index >= 15 is 0 Å². The average Bonchev–Trinajstić information content (AvgIpc) is 2.48. The Bertz CT molecular complexity index is 481. The van der Waals surface area contributed by atoms with Crippen LogP contribution in [0.4, 0.5) is 0 Å². The molecular weight excluding hydrogens is 254 g/mol. The molecular formula is C15H21N3O2. The number of hydrogen-bond acceptors (Lipinski definition) is 3. The quantitative estimate of drug-likeness (QED) is 0.739. The van der Waals surface area contributed by atoms with E-state index in [1.807, 2.05) is 30.3 Å². The van der Waals surface area contributed by atoms with Crippen LogP contribution in [0.5, 0.6) is 0 Å². The lowest BCUT2D eigenvalue weighted by Crippen LogP contribution is -2.54. The lowest BCUT2D eigenvalue weighted by Gasteiger charge is -2.37. The van der Waals surface area contributed by atoms with E-state index < -0.39 is 17.4 Å². The standard InChI is InChI=1S/C15H21N3O2/c1-11(13(16)19)18-14(20)15(7-9-17-10-8-15)12-5-3-2-4-6-12/h2-6,11,17H,7-10H2,1H3,(H2,16,19)(H,18,20). The summed E-state index contributed by atoms with van der Waals surface area (Å²) < 4.78 is 0. The molecule has 1 fully saturated rings. The molecule has 0 aromatic heterocycles. The van der Waals surface area contributed by atoms with Gasteiger partial charge < -0.3 is 16.4 Å². The van der Waals surface area contributed by atoms with Crippen LogP contribution in [0.15, 0.2) is 30.3 Å². The second-order valence-corrected chi connectivity index (χ2v) is 5.30. The van der Waals surface area contributed by atoms with E-state index in [2.05, 4.69) is 10.6 Å². The maximum atomic E-state index is 12.7. The fraction of sp³-hybridized carbons (Fsp3) is 0.467. The molecule has 5 nitrogen and oxygen atoms in total. The number of nitrogens with one attached hydrogen (secondary N) is 2. The van der Waals surface area contributed by atoms with Gasteiger partial charge in [0.15, 0.2) is 0 Å². The zero-order valence-corrected chi connectivity index (χ0v) is 11.7. The van der Waals surface area contributed by atoms with Gasteiger partial charge in [0, 0.05) is 0 Å². The van der Waals surface area contributed by atoms with E-state index in [0.29, 0.717) is 12.8 Å². The van der Waals surface area contributed by atoms with Gasteiger partial charge in [0.25, 0.3) is 0 Å². The summed E-state index contributed by atoms with van der Waals surface area (Å²) in [6, 6.07) is 9.09. The molecule has 1 aromatic carbocycles. The summed E-state index contributed by atoms with van der Waals surface area (Å²) in [6.45, 7) is 3.18. The predicted octanol–water partition coefficient (Wildman–Crippen LogP) is 0.298. The van der Waals surface area contributed by atoms with Crippen LogP contribution < -0.4 is 16.4 Å². The zero-order chi connectivity index (χ0) is 14.6. The van der Waals surface area contributed by atoms with Crippen molar-refractivity contribution in [1.29, 1.82) is 0 Å². The molecule has 108 valence electrons. The number of nitrogens with two attached hydrogens (primary N) is 1. The highest BCUT2D eigenvalue weighted by Crippen LogP contribution is 2.33. The number of amides is 2. The summed E-state index contributed by atoms with van der Waals surface area (Å²) in [7, 11) is 0. The Morgan fingerprint density at radius 2 is 1.85 bits per heavy atom. The van der Waals surface area contributed by atoms with Crippen LogP contribution in [0.1, 0.15) is 25.3 Å². The van der Waals surface area contributed by atoms with Crippen molar-refractivity contribution in [3.8, 4) is 0 Å². The summed E-state index contributed by atoms with van der Waals surface area (Å²) in [5.74, 6) is -0.632. The molecule has 1 aromatic rings. The minimum Gasteiger partial charge on any atom is -0.368 e. The first kappa shape index (κ1) is 14.5. The lowest BCUT2D eigenvalue weighted by molar-refractivity contribution is -0.131. The van der Waals surface area contributed by atoms with E-state index in [-0.39, 0.29) is 5.91 Å². The van der Waals surface area contributed by atoms with Gasteiger partial charge in [-0.3, -0.25) is 9.59 Å². The van der Waals surface area contributed by atoms with Crippen LogP contribution in [0, 0.1) is 0 Å². The molecule has 0 bridgehead atoms. The van der Waals surface area contributed by atoms with Crippen molar-refractivity contribution in [3.63, 3.8) is 0 Å². The fourth-order valence-corrected chi connectivity index (χ4v) is 2.66. The molecule has 4 N–H and O–H groups in total. The number of rotatable bonds is 4. The Morgan fingerprint density at radius 1 is 1.25 bits per heavy atom. The number of benzene rings is 1. The van der Waals surface area contributed by atoms with Gasteiger partial charge in [-0.15, -0.1) is 0 Å². The molecule has 1 atom stereocenters. The van der Waals surface area contributed by atoms with E-state index in [4.69, 9.17) is 5.73 Å². The number of piperidine rings is 1. The Kier molecular flexibility index (Phi) is 4.39. The van der Waals surface area contributed by atoms with Gasteiger partial charge in [-0.2, -0.15) is 0 Å². The number of carbonyl (C=O) groups is 2. The third-order valence-electron chi connectivity index (χ3n) is 3.99. The molecule has 1 heterocycles. The Morgan fingerprint density at radius 3 is 2.40 bits per heavy atom. The van der Waals surface area contributed by atoms with Crippen LogP contribution >= 0.6 is 0 Å². The maximum Gasteiger partial charge on any atom is 0.239 e. The third kappa shape index (κ3) is 2.82. The van der Waals surface area contributed by atoms with Crippen molar-refractivity contribution in [2.75, 3.05) is 13.1 Å². The van der Waals surface area contributed by atoms with Gasteiger partial charge in [-0.1, -0.05) is 30.3 Å². The smallest absolute Gasteiger partial charge is 0.239 e. The first-order valence-electron chi connectivity index (χ1n) is 6.93. The molecule has 0 aliphatic carbocycles. The Hall–Kier alpha value is -1.88. The minimum absolute atomic E-state index is 0.114. The molecule has 20 heavy (non-hydrogen) atoms. The molecule has 1 aliphatic rings. The minimum atomic E-state index is -0.655. The number of hydrogen-bond donors (Lipinski definition) is 3. The largest absolute Gasteiger partial charge is 0.368 e.